The van der Waals surface area contributed by atoms with Gasteiger partial charge in [-0.15, -0.1) is 0 Å². The molecule has 4 fully saturated rings. The fraction of sp³-hybridized carbons (Fsp3) is 0.848. The van der Waals surface area contributed by atoms with Crippen LogP contribution in [0.25, 0.3) is 0 Å². The molecule has 0 radical (unpaired) electrons. The van der Waals surface area contributed by atoms with Crippen LogP contribution in [0, 0.1) is 28.6 Å². The van der Waals surface area contributed by atoms with E-state index in [0.717, 1.165) is 38.4 Å². The molecule has 3 unspecified atom stereocenters. The van der Waals surface area contributed by atoms with Crippen molar-refractivity contribution >= 4 is 39.4 Å². The first-order valence-corrected chi connectivity index (χ1v) is 19.0. The van der Waals surface area contributed by atoms with Crippen molar-refractivity contribution in [3.63, 3.8) is 0 Å². The minimum absolute atomic E-state index is 0.0763. The summed E-state index contributed by atoms with van der Waals surface area (Å²) in [5.74, 6) is -2.21. The number of Topliss-reactive ketones (excluding diaryl/α,β-unsaturated/α-hetero) is 1. The lowest BCUT2D eigenvalue weighted by Gasteiger charge is -2.40. The lowest BCUT2D eigenvalue weighted by atomic mass is 9.83. The number of ketones is 1. The third-order valence-corrected chi connectivity index (χ3v) is 11.6. The normalized spacial score (nSPS) is 26.2. The zero-order valence-corrected chi connectivity index (χ0v) is 29.5. The van der Waals surface area contributed by atoms with Crippen LogP contribution in [0.15, 0.2) is 0 Å². The molecule has 0 aromatic carbocycles. The molecule has 260 valence electrons. The van der Waals surface area contributed by atoms with Gasteiger partial charge in [0.25, 0.3) is 5.91 Å². The molecule has 0 aromatic rings. The van der Waals surface area contributed by atoms with E-state index in [1.807, 2.05) is 27.7 Å². The van der Waals surface area contributed by atoms with Gasteiger partial charge in [0.1, 0.15) is 21.9 Å². The van der Waals surface area contributed by atoms with Crippen molar-refractivity contribution in [2.75, 3.05) is 25.1 Å². The molecule has 4 rings (SSSR count). The van der Waals surface area contributed by atoms with Gasteiger partial charge in [0.2, 0.25) is 17.6 Å². The Morgan fingerprint density at radius 1 is 0.978 bits per heavy atom. The molecule has 0 bridgehead atoms. The van der Waals surface area contributed by atoms with Gasteiger partial charge in [-0.25, -0.2) is 13.2 Å². The van der Waals surface area contributed by atoms with Gasteiger partial charge in [-0.3, -0.25) is 19.2 Å². The highest BCUT2D eigenvalue weighted by molar-refractivity contribution is 7.90. The zero-order chi connectivity index (χ0) is 34.2. The van der Waals surface area contributed by atoms with Crippen LogP contribution in [0.5, 0.6) is 0 Å². The molecular formula is C33H55N5O7S. The Hall–Kier alpha value is -2.70. The Morgan fingerprint density at radius 2 is 1.61 bits per heavy atom. The van der Waals surface area contributed by atoms with E-state index in [4.69, 9.17) is 0 Å². The van der Waals surface area contributed by atoms with E-state index in [9.17, 15) is 32.4 Å². The SMILES string of the molecule is CCCNC(=O)C(=O)C(CC1CC1)NC(=O)[C@@H]1C2C(CN1C(=O)[C@@H](NC(=O)NC1(CS(C)(=O)=O)CCCCC1)C(C)(C)C)C2(C)C. The maximum Gasteiger partial charge on any atom is 0.315 e. The van der Waals surface area contributed by atoms with Gasteiger partial charge in [-0.05, 0) is 54.3 Å². The summed E-state index contributed by atoms with van der Waals surface area (Å²) in [5, 5.41) is 11.3. The van der Waals surface area contributed by atoms with Gasteiger partial charge >= 0.3 is 6.03 Å². The number of carbonyl (C=O) groups is 5. The van der Waals surface area contributed by atoms with Gasteiger partial charge < -0.3 is 26.2 Å². The van der Waals surface area contributed by atoms with Crippen LogP contribution in [0.2, 0.25) is 0 Å². The molecule has 4 aliphatic rings. The largest absolute Gasteiger partial charge is 0.349 e. The number of likely N-dealkylation sites (tertiary alicyclic amines) is 1. The van der Waals surface area contributed by atoms with E-state index in [1.165, 1.54) is 4.90 Å². The zero-order valence-electron chi connectivity index (χ0n) is 28.7. The first-order valence-electron chi connectivity index (χ1n) is 17.0. The Balaban J connectivity index is 1.53. The summed E-state index contributed by atoms with van der Waals surface area (Å²) in [6.45, 7) is 12.2. The summed E-state index contributed by atoms with van der Waals surface area (Å²) >= 11 is 0. The Labute approximate surface area is 274 Å². The minimum Gasteiger partial charge on any atom is -0.349 e. The maximum absolute atomic E-state index is 14.3. The van der Waals surface area contributed by atoms with Crippen LogP contribution in [0.4, 0.5) is 4.79 Å². The Morgan fingerprint density at radius 3 is 2.15 bits per heavy atom. The quantitative estimate of drug-likeness (QED) is 0.219. The van der Waals surface area contributed by atoms with Crippen molar-refractivity contribution in [1.29, 1.82) is 0 Å². The van der Waals surface area contributed by atoms with Crippen molar-refractivity contribution in [1.82, 2.24) is 26.2 Å². The molecule has 13 heteroatoms. The van der Waals surface area contributed by atoms with E-state index in [-0.39, 0.29) is 28.9 Å². The van der Waals surface area contributed by atoms with Gasteiger partial charge in [0.15, 0.2) is 0 Å². The van der Waals surface area contributed by atoms with E-state index >= 15 is 0 Å². The number of rotatable bonds is 13. The second kappa shape index (κ2) is 13.4. The third-order valence-electron chi connectivity index (χ3n) is 10.5. The van der Waals surface area contributed by atoms with Crippen molar-refractivity contribution in [3.05, 3.63) is 0 Å². The second-order valence-corrected chi connectivity index (χ2v) is 18.2. The van der Waals surface area contributed by atoms with E-state index in [1.54, 1.807) is 0 Å². The first-order chi connectivity index (χ1) is 21.3. The molecule has 3 saturated carbocycles. The van der Waals surface area contributed by atoms with Crippen LogP contribution >= 0.6 is 0 Å². The monoisotopic (exact) mass is 665 g/mol. The number of sulfone groups is 1. The minimum atomic E-state index is -3.38. The number of carbonyl (C=O) groups excluding carboxylic acids is 5. The second-order valence-electron chi connectivity index (χ2n) is 16.1. The van der Waals surface area contributed by atoms with Crippen molar-refractivity contribution in [3.8, 4) is 0 Å². The van der Waals surface area contributed by atoms with Gasteiger partial charge in [0.05, 0.1) is 17.3 Å². The van der Waals surface area contributed by atoms with Crippen molar-refractivity contribution in [2.24, 2.45) is 28.6 Å². The van der Waals surface area contributed by atoms with Crippen molar-refractivity contribution in [2.45, 2.75) is 123 Å². The van der Waals surface area contributed by atoms with Crippen LogP contribution in [0.1, 0.15) is 99.3 Å². The fourth-order valence-corrected chi connectivity index (χ4v) is 9.10. The number of urea groups is 1. The third kappa shape index (κ3) is 8.41. The molecule has 5 amide bonds. The van der Waals surface area contributed by atoms with Gasteiger partial charge in [0, 0.05) is 19.3 Å². The van der Waals surface area contributed by atoms with Crippen LogP contribution < -0.4 is 21.3 Å². The molecule has 1 aliphatic heterocycles. The summed E-state index contributed by atoms with van der Waals surface area (Å²) in [6, 6.07) is -3.45. The molecule has 0 spiro atoms. The molecule has 4 N–H and O–H groups in total. The number of nitrogens with zero attached hydrogens (tertiary/aromatic N) is 1. The first kappa shape index (κ1) is 36.1. The average Bonchev–Trinajstić information content (AvgIpc) is 3.79. The molecule has 46 heavy (non-hydrogen) atoms. The highest BCUT2D eigenvalue weighted by Crippen LogP contribution is 2.65. The number of hydrogen-bond donors (Lipinski definition) is 4. The van der Waals surface area contributed by atoms with Gasteiger partial charge in [-0.1, -0.05) is 73.6 Å². The Bertz CT molecular complexity index is 1310. The topological polar surface area (TPSA) is 171 Å². The molecule has 1 saturated heterocycles. The smallest absolute Gasteiger partial charge is 0.315 e. The van der Waals surface area contributed by atoms with E-state index in [2.05, 4.69) is 35.1 Å². The maximum atomic E-state index is 14.3. The fourth-order valence-electron chi connectivity index (χ4n) is 7.73. The van der Waals surface area contributed by atoms with E-state index in [0.29, 0.717) is 38.8 Å². The molecule has 1 heterocycles. The van der Waals surface area contributed by atoms with Crippen LogP contribution in [0.3, 0.4) is 0 Å². The predicted octanol–water partition coefficient (Wildman–Crippen LogP) is 2.31. The highest BCUT2D eigenvalue weighted by atomic mass is 32.2. The molecular weight excluding hydrogens is 610 g/mol. The highest BCUT2D eigenvalue weighted by Gasteiger charge is 2.70. The van der Waals surface area contributed by atoms with Crippen LogP contribution in [-0.2, 0) is 29.0 Å². The number of fused-ring (bicyclic) bond motifs is 1. The number of nitrogens with one attached hydrogen (secondary N) is 4. The standard InChI is InChI=1S/C33H55N5O7S/c1-8-16-34-28(41)25(39)22(17-20-12-13-20)35-27(40)24-23-21(32(23,5)6)18-38(24)29(42)26(31(2,3)4)36-30(43)37-33(19-46(7,44)45)14-10-9-11-15-33/h20-24,26H,8-19H2,1-7H3,(H,34,41)(H,35,40)(H2,36,37,43)/t21?,22?,23?,24-,26+/m0/s1. The number of hydrogen-bond acceptors (Lipinski definition) is 7. The summed E-state index contributed by atoms with van der Waals surface area (Å²) in [5.41, 5.74) is -1.83. The van der Waals surface area contributed by atoms with Crippen LogP contribution in [-0.4, -0.2) is 91.6 Å². The molecule has 12 nitrogen and oxygen atoms in total. The van der Waals surface area contributed by atoms with E-state index < -0.39 is 68.5 Å². The molecule has 0 aromatic heterocycles. The lowest BCUT2D eigenvalue weighted by molar-refractivity contribution is -0.145. The van der Waals surface area contributed by atoms with Gasteiger partial charge in [-0.2, -0.15) is 0 Å². The molecule has 5 atom stereocenters. The summed E-state index contributed by atoms with van der Waals surface area (Å²) in [6.07, 6.45) is 7.72. The predicted molar refractivity (Wildman–Crippen MR) is 174 cm³/mol. The van der Waals surface area contributed by atoms with Crippen molar-refractivity contribution < 1.29 is 32.4 Å². The summed E-state index contributed by atoms with van der Waals surface area (Å²) < 4.78 is 24.6. The Kier molecular flexibility index (Phi) is 10.6. The summed E-state index contributed by atoms with van der Waals surface area (Å²) in [7, 11) is -3.38. The summed E-state index contributed by atoms with van der Waals surface area (Å²) in [4.78, 5) is 69.1. The number of piperidine rings is 1. The lowest BCUT2D eigenvalue weighted by Crippen LogP contribution is -2.63. The average molecular weight is 666 g/mol. The number of amides is 5. The molecule has 3 aliphatic carbocycles.